The molecule has 4 heteroatoms. The lowest BCUT2D eigenvalue weighted by Crippen LogP contribution is -1.72. The molecule has 0 saturated carbocycles. The molecule has 2 nitrogen and oxygen atoms in total. The highest BCUT2D eigenvalue weighted by Gasteiger charge is 1.76. The van der Waals surface area contributed by atoms with Gasteiger partial charge < -0.3 is 11.0 Å². The zero-order chi connectivity index (χ0) is 4.83. The highest BCUT2D eigenvalue weighted by Crippen LogP contribution is 1.92. The Kier molecular flexibility index (Phi) is 30.8. The fourth-order valence-corrected chi connectivity index (χ4v) is 0.428. The van der Waals surface area contributed by atoms with E-state index in [0.29, 0.717) is 0 Å². The standard InChI is InChI=1S/C4H8BCl.2H2O/c5-3-1-2-4-6;;/h1-4H2;2*1H2. The first-order chi connectivity index (χ1) is 2.91. The van der Waals surface area contributed by atoms with Crippen LogP contribution in [0.3, 0.4) is 0 Å². The lowest BCUT2D eigenvalue weighted by molar-refractivity contribution is 0.823. The minimum atomic E-state index is 0. The van der Waals surface area contributed by atoms with E-state index in [4.69, 9.17) is 19.4 Å². The highest BCUT2D eigenvalue weighted by molar-refractivity contribution is 6.17. The first-order valence-electron chi connectivity index (χ1n) is 2.18. The van der Waals surface area contributed by atoms with Crippen molar-refractivity contribution in [2.75, 3.05) is 5.88 Å². The van der Waals surface area contributed by atoms with Gasteiger partial charge >= 0.3 is 0 Å². The summed E-state index contributed by atoms with van der Waals surface area (Å²) in [4.78, 5) is 0. The van der Waals surface area contributed by atoms with E-state index < -0.39 is 0 Å². The highest BCUT2D eigenvalue weighted by atomic mass is 35.5. The van der Waals surface area contributed by atoms with E-state index in [1.165, 1.54) is 0 Å². The molecule has 0 amide bonds. The van der Waals surface area contributed by atoms with Crippen molar-refractivity contribution in [3.63, 3.8) is 0 Å². The topological polar surface area (TPSA) is 63.0 Å². The van der Waals surface area contributed by atoms with Crippen molar-refractivity contribution in [1.29, 1.82) is 0 Å². The van der Waals surface area contributed by atoms with E-state index in [1.54, 1.807) is 0 Å². The number of halogens is 1. The molecule has 0 heterocycles. The summed E-state index contributed by atoms with van der Waals surface area (Å²) < 4.78 is 0. The monoisotopic (exact) mass is 138 g/mol. The van der Waals surface area contributed by atoms with Crippen molar-refractivity contribution >= 4 is 19.4 Å². The van der Waals surface area contributed by atoms with Gasteiger partial charge in [0.1, 0.15) is 0 Å². The third kappa shape index (κ3) is 16.3. The third-order valence-electron chi connectivity index (χ3n) is 0.588. The van der Waals surface area contributed by atoms with E-state index in [1.807, 2.05) is 0 Å². The van der Waals surface area contributed by atoms with Crippen molar-refractivity contribution in [2.24, 2.45) is 0 Å². The minimum Gasteiger partial charge on any atom is -0.412 e. The molecule has 0 aliphatic carbocycles. The maximum Gasteiger partial charge on any atom is 0.0653 e. The van der Waals surface area contributed by atoms with Gasteiger partial charge in [-0.15, -0.1) is 11.6 Å². The molecule has 0 saturated heterocycles. The van der Waals surface area contributed by atoms with Crippen LogP contribution < -0.4 is 0 Å². The maximum absolute atomic E-state index is 5.32. The molecule has 0 spiro atoms. The van der Waals surface area contributed by atoms with Crippen LogP contribution in [0.5, 0.6) is 0 Å². The van der Waals surface area contributed by atoms with Gasteiger partial charge in [0.05, 0.1) is 7.85 Å². The molecule has 0 aromatic carbocycles. The van der Waals surface area contributed by atoms with Crippen LogP contribution in [-0.2, 0) is 0 Å². The zero-order valence-corrected chi connectivity index (χ0v) is 5.54. The van der Waals surface area contributed by atoms with Gasteiger partial charge in [-0.05, 0) is 6.42 Å². The predicted octanol–water partition coefficient (Wildman–Crippen LogP) is -0.0572. The number of hydrogen-bond acceptors (Lipinski definition) is 0. The fraction of sp³-hybridized carbons (Fsp3) is 1.00. The Labute approximate surface area is 56.3 Å². The molecule has 0 fully saturated rings. The molecule has 0 rings (SSSR count). The van der Waals surface area contributed by atoms with Gasteiger partial charge in [-0.1, -0.05) is 12.7 Å². The van der Waals surface area contributed by atoms with Gasteiger partial charge in [0.2, 0.25) is 0 Å². The summed E-state index contributed by atoms with van der Waals surface area (Å²) in [6.45, 7) is 0. The SMILES string of the molecule is O.O.[B]CCCCCl. The molecular formula is C4H12BClO2. The Morgan fingerprint density at radius 2 is 1.62 bits per heavy atom. The second-order valence-electron chi connectivity index (χ2n) is 1.18. The summed E-state index contributed by atoms with van der Waals surface area (Å²) in [5.41, 5.74) is 0. The Hall–Kier alpha value is 0.275. The molecule has 0 atom stereocenters. The molecular weight excluding hydrogens is 126 g/mol. The first-order valence-corrected chi connectivity index (χ1v) is 2.71. The Morgan fingerprint density at radius 3 is 1.75 bits per heavy atom. The maximum atomic E-state index is 5.32. The minimum absolute atomic E-state index is 0. The quantitative estimate of drug-likeness (QED) is 0.298. The Balaban J connectivity index is -0.000000125. The Bertz CT molecular complexity index is 26.0. The number of rotatable bonds is 3. The molecule has 4 N–H and O–H groups in total. The van der Waals surface area contributed by atoms with Gasteiger partial charge in [-0.2, -0.15) is 0 Å². The molecule has 50 valence electrons. The summed E-state index contributed by atoms with van der Waals surface area (Å²) in [6.07, 6.45) is 2.88. The summed E-state index contributed by atoms with van der Waals surface area (Å²) in [6, 6.07) is 0. The molecule has 0 bridgehead atoms. The van der Waals surface area contributed by atoms with Gasteiger partial charge in [0.25, 0.3) is 0 Å². The van der Waals surface area contributed by atoms with Gasteiger partial charge in [-0.3, -0.25) is 0 Å². The normalized spacial score (nSPS) is 6.62. The van der Waals surface area contributed by atoms with Gasteiger partial charge in [-0.25, -0.2) is 0 Å². The van der Waals surface area contributed by atoms with Crippen molar-refractivity contribution in [1.82, 2.24) is 0 Å². The molecule has 8 heavy (non-hydrogen) atoms. The van der Waals surface area contributed by atoms with Crippen LogP contribution in [0.1, 0.15) is 12.8 Å². The van der Waals surface area contributed by atoms with Crippen molar-refractivity contribution in [3.05, 3.63) is 0 Å². The third-order valence-corrected chi connectivity index (χ3v) is 0.855. The number of unbranched alkanes of at least 4 members (excludes halogenated alkanes) is 1. The van der Waals surface area contributed by atoms with Gasteiger partial charge in [0, 0.05) is 5.88 Å². The summed E-state index contributed by atoms with van der Waals surface area (Å²) in [5, 5.41) is 0. The van der Waals surface area contributed by atoms with E-state index >= 15 is 0 Å². The second-order valence-corrected chi connectivity index (χ2v) is 1.56. The molecule has 2 radical (unpaired) electrons. The van der Waals surface area contributed by atoms with Crippen molar-refractivity contribution in [3.8, 4) is 0 Å². The lowest BCUT2D eigenvalue weighted by Gasteiger charge is -1.84. The van der Waals surface area contributed by atoms with Crippen LogP contribution in [0.2, 0.25) is 6.32 Å². The van der Waals surface area contributed by atoms with E-state index in [-0.39, 0.29) is 11.0 Å². The van der Waals surface area contributed by atoms with E-state index in [0.717, 1.165) is 25.0 Å². The van der Waals surface area contributed by atoms with Crippen LogP contribution in [-0.4, -0.2) is 24.7 Å². The van der Waals surface area contributed by atoms with Crippen LogP contribution in [0.25, 0.3) is 0 Å². The summed E-state index contributed by atoms with van der Waals surface area (Å²) in [7, 11) is 5.16. The van der Waals surface area contributed by atoms with Gasteiger partial charge in [0.15, 0.2) is 0 Å². The van der Waals surface area contributed by atoms with E-state index in [9.17, 15) is 0 Å². The predicted molar refractivity (Wildman–Crippen MR) is 37.7 cm³/mol. The molecule has 0 aliphatic heterocycles. The van der Waals surface area contributed by atoms with E-state index in [2.05, 4.69) is 0 Å². The fourth-order valence-electron chi connectivity index (χ4n) is 0.239. The summed E-state index contributed by atoms with van der Waals surface area (Å²) >= 11 is 5.32. The smallest absolute Gasteiger partial charge is 0.0653 e. The zero-order valence-electron chi connectivity index (χ0n) is 4.78. The van der Waals surface area contributed by atoms with Crippen LogP contribution in [0, 0.1) is 0 Å². The molecule has 0 aromatic heterocycles. The van der Waals surface area contributed by atoms with Crippen LogP contribution in [0.4, 0.5) is 0 Å². The first kappa shape index (κ1) is 15.7. The average molecular weight is 138 g/mol. The molecule has 0 unspecified atom stereocenters. The van der Waals surface area contributed by atoms with Crippen LogP contribution in [0.15, 0.2) is 0 Å². The van der Waals surface area contributed by atoms with Crippen molar-refractivity contribution in [2.45, 2.75) is 19.2 Å². The molecule has 0 aromatic rings. The average Bonchev–Trinajstić information content (AvgIpc) is 1.61. The van der Waals surface area contributed by atoms with Crippen LogP contribution >= 0.6 is 11.6 Å². The molecule has 0 aliphatic rings. The second kappa shape index (κ2) is 15.7. The summed E-state index contributed by atoms with van der Waals surface area (Å²) in [5.74, 6) is 0.747. The van der Waals surface area contributed by atoms with Crippen molar-refractivity contribution < 1.29 is 11.0 Å². The Morgan fingerprint density at radius 1 is 1.12 bits per heavy atom. The largest absolute Gasteiger partial charge is 0.412 e. The number of alkyl halides is 1. The lowest BCUT2D eigenvalue weighted by atomic mass is 10.0. The number of hydrogen-bond donors (Lipinski definition) is 0.